The predicted molar refractivity (Wildman–Crippen MR) is 117 cm³/mol. The monoisotopic (exact) mass is 449 g/mol. The molecule has 0 bridgehead atoms. The highest BCUT2D eigenvalue weighted by Gasteiger charge is 2.28. The van der Waals surface area contributed by atoms with Crippen molar-refractivity contribution in [3.05, 3.63) is 51.2 Å². The van der Waals surface area contributed by atoms with Gasteiger partial charge in [-0.2, -0.15) is 0 Å². The summed E-state index contributed by atoms with van der Waals surface area (Å²) < 4.78 is 5.38. The maximum Gasteiger partial charge on any atom is 0.410 e. The number of hydrogen-bond donors (Lipinski definition) is 1. The van der Waals surface area contributed by atoms with Crippen molar-refractivity contribution in [1.29, 1.82) is 0 Å². The first-order valence-corrected chi connectivity index (χ1v) is 10.8. The van der Waals surface area contributed by atoms with Crippen molar-refractivity contribution < 1.29 is 19.1 Å². The Bertz CT molecular complexity index is 932. The Morgan fingerprint density at radius 3 is 2.33 bits per heavy atom. The molecule has 1 aromatic heterocycles. The molecule has 3 rings (SSSR count). The number of benzene rings is 1. The fourth-order valence-electron chi connectivity index (χ4n) is 2.95. The van der Waals surface area contributed by atoms with Crippen molar-refractivity contribution in [1.82, 2.24) is 9.80 Å². The van der Waals surface area contributed by atoms with E-state index in [2.05, 4.69) is 5.32 Å². The summed E-state index contributed by atoms with van der Waals surface area (Å²) >= 11 is 7.53. The van der Waals surface area contributed by atoms with Crippen LogP contribution in [0.3, 0.4) is 0 Å². The van der Waals surface area contributed by atoms with E-state index in [1.807, 2.05) is 26.2 Å². The predicted octanol–water partition coefficient (Wildman–Crippen LogP) is 4.35. The highest BCUT2D eigenvalue weighted by molar-refractivity contribution is 7.12. The molecular weight excluding hydrogens is 426 g/mol. The van der Waals surface area contributed by atoms with Gasteiger partial charge in [0.1, 0.15) is 5.60 Å². The van der Waals surface area contributed by atoms with Crippen LogP contribution in [-0.2, 0) is 4.74 Å². The number of piperazine rings is 1. The van der Waals surface area contributed by atoms with Gasteiger partial charge in [-0.1, -0.05) is 17.7 Å². The Morgan fingerprint density at radius 1 is 1.07 bits per heavy atom. The number of amides is 3. The van der Waals surface area contributed by atoms with Gasteiger partial charge in [0.05, 0.1) is 15.6 Å². The lowest BCUT2D eigenvalue weighted by atomic mass is 10.1. The first kappa shape index (κ1) is 22.1. The van der Waals surface area contributed by atoms with Gasteiger partial charge in [-0.05, 0) is 50.4 Å². The summed E-state index contributed by atoms with van der Waals surface area (Å²) in [5.74, 6) is -0.454. The van der Waals surface area contributed by atoms with Crippen LogP contribution in [0.4, 0.5) is 10.5 Å². The molecule has 0 unspecified atom stereocenters. The average molecular weight is 450 g/mol. The van der Waals surface area contributed by atoms with Crippen LogP contribution in [0.1, 0.15) is 40.8 Å². The smallest absolute Gasteiger partial charge is 0.410 e. The number of rotatable bonds is 3. The summed E-state index contributed by atoms with van der Waals surface area (Å²) in [7, 11) is 0. The van der Waals surface area contributed by atoms with E-state index in [9.17, 15) is 14.4 Å². The van der Waals surface area contributed by atoms with E-state index in [0.717, 1.165) is 0 Å². The van der Waals surface area contributed by atoms with Crippen LogP contribution in [-0.4, -0.2) is 59.5 Å². The van der Waals surface area contributed by atoms with Gasteiger partial charge in [-0.15, -0.1) is 11.3 Å². The van der Waals surface area contributed by atoms with Crippen molar-refractivity contribution in [3.8, 4) is 0 Å². The van der Waals surface area contributed by atoms with Crippen LogP contribution in [0.5, 0.6) is 0 Å². The van der Waals surface area contributed by atoms with E-state index < -0.39 is 5.60 Å². The second-order valence-corrected chi connectivity index (χ2v) is 9.24. The molecule has 0 saturated carbocycles. The number of nitrogens with zero attached hydrogens (tertiary/aromatic N) is 2. The molecule has 1 saturated heterocycles. The molecule has 1 aliphatic heterocycles. The largest absolute Gasteiger partial charge is 0.444 e. The number of ether oxygens (including phenoxy) is 1. The summed E-state index contributed by atoms with van der Waals surface area (Å²) in [6.07, 6.45) is -0.375. The molecular formula is C21H24ClN3O4S. The van der Waals surface area contributed by atoms with Crippen LogP contribution >= 0.6 is 22.9 Å². The lowest BCUT2D eigenvalue weighted by Crippen LogP contribution is -2.51. The van der Waals surface area contributed by atoms with Gasteiger partial charge in [0.2, 0.25) is 0 Å². The minimum absolute atomic E-state index is 0.179. The zero-order valence-electron chi connectivity index (χ0n) is 17.1. The Hall–Kier alpha value is -2.58. The molecule has 30 heavy (non-hydrogen) atoms. The second-order valence-electron chi connectivity index (χ2n) is 7.89. The molecule has 2 aromatic rings. The molecule has 7 nitrogen and oxygen atoms in total. The Labute approximate surface area is 184 Å². The number of carbonyl (C=O) groups is 3. The summed E-state index contributed by atoms with van der Waals surface area (Å²) in [4.78, 5) is 41.2. The third-order valence-corrected chi connectivity index (χ3v) is 5.62. The molecule has 9 heteroatoms. The van der Waals surface area contributed by atoms with Crippen molar-refractivity contribution in [3.63, 3.8) is 0 Å². The Kier molecular flexibility index (Phi) is 6.67. The first-order chi connectivity index (χ1) is 14.1. The van der Waals surface area contributed by atoms with Gasteiger partial charge in [-0.3, -0.25) is 9.59 Å². The van der Waals surface area contributed by atoms with Crippen molar-refractivity contribution in [2.45, 2.75) is 26.4 Å². The molecule has 1 aromatic carbocycles. The number of halogens is 1. The Morgan fingerprint density at radius 2 is 1.73 bits per heavy atom. The first-order valence-electron chi connectivity index (χ1n) is 9.55. The van der Waals surface area contributed by atoms with Crippen molar-refractivity contribution in [2.24, 2.45) is 0 Å². The van der Waals surface area contributed by atoms with Crippen molar-refractivity contribution in [2.75, 3.05) is 31.5 Å². The minimum Gasteiger partial charge on any atom is -0.444 e. The number of hydrogen-bond acceptors (Lipinski definition) is 5. The maximum absolute atomic E-state index is 12.9. The standard InChI is InChI=1S/C21H24ClN3O4S/c1-21(2,3)29-20(28)25-10-8-24(9-11-25)19(27)14-6-7-15(22)16(13-14)23-18(26)17-5-4-12-30-17/h4-7,12-13H,8-11H2,1-3H3,(H,23,26). The topological polar surface area (TPSA) is 79.0 Å². The number of thiophene rings is 1. The van der Waals surface area contributed by atoms with E-state index in [-0.39, 0.29) is 17.9 Å². The fourth-order valence-corrected chi connectivity index (χ4v) is 3.73. The molecule has 160 valence electrons. The average Bonchev–Trinajstić information content (AvgIpc) is 3.23. The SMILES string of the molecule is CC(C)(C)OC(=O)N1CCN(C(=O)c2ccc(Cl)c(NC(=O)c3cccs3)c2)CC1. The van der Waals surface area contributed by atoms with Crippen LogP contribution in [0.25, 0.3) is 0 Å². The van der Waals surface area contributed by atoms with Crippen LogP contribution in [0, 0.1) is 0 Å². The molecule has 2 heterocycles. The molecule has 1 N–H and O–H groups in total. The van der Waals surface area contributed by atoms with E-state index in [0.29, 0.717) is 47.3 Å². The molecule has 0 spiro atoms. The quantitative estimate of drug-likeness (QED) is 0.755. The molecule has 1 fully saturated rings. The Balaban J connectivity index is 1.63. The fraction of sp³-hybridized carbons (Fsp3) is 0.381. The van der Waals surface area contributed by atoms with Crippen LogP contribution in [0.15, 0.2) is 35.7 Å². The zero-order chi connectivity index (χ0) is 21.9. The maximum atomic E-state index is 12.9. The van der Waals surface area contributed by atoms with Gasteiger partial charge in [-0.25, -0.2) is 4.79 Å². The summed E-state index contributed by atoms with van der Waals surface area (Å²) in [6, 6.07) is 8.31. The molecule has 0 radical (unpaired) electrons. The van der Waals surface area contributed by atoms with Gasteiger partial charge < -0.3 is 19.9 Å². The lowest BCUT2D eigenvalue weighted by Gasteiger charge is -2.35. The molecule has 1 aliphatic rings. The molecule has 3 amide bonds. The highest BCUT2D eigenvalue weighted by atomic mass is 35.5. The minimum atomic E-state index is -0.558. The van der Waals surface area contributed by atoms with E-state index in [4.69, 9.17) is 16.3 Å². The zero-order valence-corrected chi connectivity index (χ0v) is 18.7. The van der Waals surface area contributed by atoms with Gasteiger partial charge in [0.25, 0.3) is 11.8 Å². The van der Waals surface area contributed by atoms with Gasteiger partial charge in [0.15, 0.2) is 0 Å². The number of nitrogens with one attached hydrogen (secondary N) is 1. The third kappa shape index (κ3) is 5.52. The normalized spacial score (nSPS) is 14.4. The third-order valence-electron chi connectivity index (χ3n) is 4.43. The second kappa shape index (κ2) is 9.06. The van der Waals surface area contributed by atoms with E-state index >= 15 is 0 Å². The summed E-state index contributed by atoms with van der Waals surface area (Å²) in [5, 5.41) is 4.92. The van der Waals surface area contributed by atoms with Gasteiger partial charge >= 0.3 is 6.09 Å². The summed E-state index contributed by atoms with van der Waals surface area (Å²) in [5.41, 5.74) is 0.247. The van der Waals surface area contributed by atoms with Crippen molar-refractivity contribution >= 4 is 46.5 Å². The lowest BCUT2D eigenvalue weighted by molar-refractivity contribution is 0.0141. The van der Waals surface area contributed by atoms with E-state index in [1.165, 1.54) is 11.3 Å². The molecule has 0 aliphatic carbocycles. The summed E-state index contributed by atoms with van der Waals surface area (Å²) in [6.45, 7) is 7.06. The number of carbonyl (C=O) groups excluding carboxylic acids is 3. The van der Waals surface area contributed by atoms with Crippen LogP contribution < -0.4 is 5.32 Å². The van der Waals surface area contributed by atoms with Crippen LogP contribution in [0.2, 0.25) is 5.02 Å². The van der Waals surface area contributed by atoms with E-state index in [1.54, 1.807) is 40.1 Å². The molecule has 0 atom stereocenters. The highest BCUT2D eigenvalue weighted by Crippen LogP contribution is 2.25. The number of anilines is 1. The van der Waals surface area contributed by atoms with Gasteiger partial charge in [0, 0.05) is 31.7 Å².